The highest BCUT2D eigenvalue weighted by Gasteiger charge is 2.35. The number of hydrogen-bond acceptors (Lipinski definition) is 5. The number of benzene rings is 1. The molecular formula is C27H34ClFN2O2S. The smallest absolute Gasteiger partial charge is 0.127 e. The number of halogens is 2. The van der Waals surface area contributed by atoms with Gasteiger partial charge in [-0.05, 0) is 99.6 Å². The molecule has 1 unspecified atom stereocenters. The van der Waals surface area contributed by atoms with Crippen LogP contribution in [0.25, 0.3) is 10.9 Å². The summed E-state index contributed by atoms with van der Waals surface area (Å²) in [5, 5.41) is 13.4. The molecule has 7 heteroatoms. The molecule has 0 spiro atoms. The number of rotatable bonds is 11. The summed E-state index contributed by atoms with van der Waals surface area (Å²) < 4.78 is 20.9. The molecule has 0 saturated carbocycles. The van der Waals surface area contributed by atoms with Gasteiger partial charge in [-0.15, -0.1) is 11.3 Å². The van der Waals surface area contributed by atoms with E-state index in [1.807, 2.05) is 23.5 Å². The molecular weight excluding hydrogens is 471 g/mol. The second-order valence-corrected chi connectivity index (χ2v) is 10.9. The van der Waals surface area contributed by atoms with Gasteiger partial charge in [-0.2, -0.15) is 0 Å². The van der Waals surface area contributed by atoms with Crippen molar-refractivity contribution in [2.45, 2.75) is 51.1 Å². The van der Waals surface area contributed by atoms with Gasteiger partial charge in [0.05, 0.1) is 17.6 Å². The zero-order valence-electron chi connectivity index (χ0n) is 19.8. The Hall–Kier alpha value is -1.73. The maximum Gasteiger partial charge on any atom is 0.127 e. The average molecular weight is 505 g/mol. The van der Waals surface area contributed by atoms with Gasteiger partial charge in [0, 0.05) is 28.6 Å². The summed E-state index contributed by atoms with van der Waals surface area (Å²) in [5.41, 5.74) is 0.957. The van der Waals surface area contributed by atoms with E-state index in [0.29, 0.717) is 40.1 Å². The third-order valence-electron chi connectivity index (χ3n) is 7.29. The van der Waals surface area contributed by atoms with Crippen molar-refractivity contribution in [3.8, 4) is 5.75 Å². The lowest BCUT2D eigenvalue weighted by atomic mass is 9.74. The first-order chi connectivity index (χ1) is 16.5. The number of aliphatic hydroxyl groups is 1. The molecule has 4 rings (SSSR count). The fourth-order valence-electron chi connectivity index (χ4n) is 5.02. The van der Waals surface area contributed by atoms with Gasteiger partial charge in [-0.25, -0.2) is 4.39 Å². The molecule has 1 aliphatic heterocycles. The molecule has 1 atom stereocenters. The number of thiophene rings is 1. The molecule has 0 amide bonds. The van der Waals surface area contributed by atoms with Gasteiger partial charge in [0.2, 0.25) is 0 Å². The number of fused-ring (bicyclic) bond motifs is 1. The van der Waals surface area contributed by atoms with Crippen molar-refractivity contribution in [1.29, 1.82) is 0 Å². The van der Waals surface area contributed by atoms with Crippen LogP contribution in [0.5, 0.6) is 5.75 Å². The molecule has 3 heterocycles. The Labute approximate surface area is 210 Å². The fourth-order valence-corrected chi connectivity index (χ4v) is 6.04. The Morgan fingerprint density at radius 3 is 2.79 bits per heavy atom. The molecule has 34 heavy (non-hydrogen) atoms. The molecule has 0 radical (unpaired) electrons. The summed E-state index contributed by atoms with van der Waals surface area (Å²) in [7, 11) is 1.59. The number of hydrogen-bond donors (Lipinski definition) is 1. The number of alkyl halides is 1. The SMILES string of the molecule is COc1ccc2ncc(Cl)c(C(F)CCC3(CO)CCN(CCCCc4cccs4)CC3)c2c1. The van der Waals surface area contributed by atoms with Crippen LogP contribution in [0, 0.1) is 5.41 Å². The van der Waals surface area contributed by atoms with Gasteiger partial charge < -0.3 is 14.7 Å². The number of aryl methyl sites for hydroxylation is 1. The van der Waals surface area contributed by atoms with Crippen LogP contribution in [0.3, 0.4) is 0 Å². The van der Waals surface area contributed by atoms with E-state index in [-0.39, 0.29) is 12.0 Å². The normalized spacial score (nSPS) is 17.2. The van der Waals surface area contributed by atoms with Crippen LogP contribution in [-0.4, -0.2) is 48.3 Å². The minimum atomic E-state index is -1.22. The number of aliphatic hydroxyl groups excluding tert-OH is 1. The van der Waals surface area contributed by atoms with E-state index in [9.17, 15) is 5.11 Å². The molecule has 1 saturated heterocycles. The molecule has 1 aliphatic rings. The highest BCUT2D eigenvalue weighted by Crippen LogP contribution is 2.41. The predicted molar refractivity (Wildman–Crippen MR) is 139 cm³/mol. The molecule has 0 bridgehead atoms. The van der Waals surface area contributed by atoms with Crippen molar-refractivity contribution in [3.05, 3.63) is 57.4 Å². The van der Waals surface area contributed by atoms with E-state index < -0.39 is 6.17 Å². The first-order valence-electron chi connectivity index (χ1n) is 12.2. The second-order valence-electron chi connectivity index (χ2n) is 9.45. The standard InChI is InChI=1S/C27H34ClFN2O2S/c1-33-20-7-8-25-22(17-20)26(23(28)18-30-25)24(29)9-10-27(19-32)11-14-31(15-12-27)13-3-2-5-21-6-4-16-34-21/h4,6-8,16-18,24,32H,2-3,5,9-15,19H2,1H3. The van der Waals surface area contributed by atoms with Crippen LogP contribution in [-0.2, 0) is 6.42 Å². The summed E-state index contributed by atoms with van der Waals surface area (Å²) in [6.45, 7) is 3.13. The highest BCUT2D eigenvalue weighted by molar-refractivity contribution is 7.09. The van der Waals surface area contributed by atoms with E-state index in [2.05, 4.69) is 27.4 Å². The molecule has 0 aliphatic carbocycles. The Balaban J connectivity index is 1.31. The molecule has 2 aromatic heterocycles. The molecule has 4 nitrogen and oxygen atoms in total. The Morgan fingerprint density at radius 1 is 1.26 bits per heavy atom. The fraction of sp³-hybridized carbons (Fsp3) is 0.519. The molecule has 184 valence electrons. The molecule has 3 aromatic rings. The van der Waals surface area contributed by atoms with Crippen LogP contribution < -0.4 is 4.74 Å². The average Bonchev–Trinajstić information content (AvgIpc) is 3.39. The topological polar surface area (TPSA) is 45.6 Å². The van der Waals surface area contributed by atoms with E-state index in [0.717, 1.165) is 38.9 Å². The summed E-state index contributed by atoms with van der Waals surface area (Å²) >= 11 is 8.23. The van der Waals surface area contributed by atoms with Gasteiger partial charge in [0.25, 0.3) is 0 Å². The summed E-state index contributed by atoms with van der Waals surface area (Å²) in [4.78, 5) is 8.29. The number of unbranched alkanes of at least 4 members (excludes halogenated alkanes) is 1. The zero-order valence-corrected chi connectivity index (χ0v) is 21.4. The molecule has 1 N–H and O–H groups in total. The van der Waals surface area contributed by atoms with E-state index in [4.69, 9.17) is 16.3 Å². The maximum absolute atomic E-state index is 15.6. The highest BCUT2D eigenvalue weighted by atomic mass is 35.5. The number of piperidine rings is 1. The number of ether oxygens (including phenoxy) is 1. The third-order valence-corrected chi connectivity index (χ3v) is 8.53. The van der Waals surface area contributed by atoms with Crippen LogP contribution in [0.1, 0.15) is 55.1 Å². The van der Waals surface area contributed by atoms with Gasteiger partial charge >= 0.3 is 0 Å². The van der Waals surface area contributed by atoms with Crippen molar-refractivity contribution >= 4 is 33.8 Å². The van der Waals surface area contributed by atoms with Gasteiger partial charge in [0.1, 0.15) is 11.9 Å². The monoisotopic (exact) mass is 504 g/mol. The quantitative estimate of drug-likeness (QED) is 0.290. The number of pyridine rings is 1. The van der Waals surface area contributed by atoms with Crippen molar-refractivity contribution in [2.24, 2.45) is 5.41 Å². The van der Waals surface area contributed by atoms with Crippen LogP contribution in [0.4, 0.5) is 4.39 Å². The maximum atomic E-state index is 15.6. The van der Waals surface area contributed by atoms with Crippen molar-refractivity contribution in [3.63, 3.8) is 0 Å². The second kappa shape index (κ2) is 11.8. The predicted octanol–water partition coefficient (Wildman–Crippen LogP) is 6.85. The van der Waals surface area contributed by atoms with E-state index in [1.165, 1.54) is 23.9 Å². The number of aromatic nitrogens is 1. The third kappa shape index (κ3) is 6.09. The summed E-state index contributed by atoms with van der Waals surface area (Å²) in [6, 6.07) is 9.76. The number of methoxy groups -OCH3 is 1. The minimum absolute atomic E-state index is 0.102. The zero-order chi connectivity index (χ0) is 24.0. The Kier molecular flexibility index (Phi) is 8.81. The summed E-state index contributed by atoms with van der Waals surface area (Å²) in [5.74, 6) is 0.652. The van der Waals surface area contributed by atoms with Crippen LogP contribution in [0.15, 0.2) is 41.9 Å². The lowest BCUT2D eigenvalue weighted by molar-refractivity contribution is 0.0298. The largest absolute Gasteiger partial charge is 0.497 e. The minimum Gasteiger partial charge on any atom is -0.497 e. The van der Waals surface area contributed by atoms with Gasteiger partial charge in [-0.3, -0.25) is 4.98 Å². The first kappa shape index (κ1) is 25.4. The van der Waals surface area contributed by atoms with Crippen molar-refractivity contribution in [1.82, 2.24) is 9.88 Å². The number of nitrogens with zero attached hydrogens (tertiary/aromatic N) is 2. The summed E-state index contributed by atoms with van der Waals surface area (Å²) in [6.07, 6.45) is 6.63. The first-order valence-corrected chi connectivity index (χ1v) is 13.4. The Bertz CT molecular complexity index is 1050. The van der Waals surface area contributed by atoms with Crippen molar-refractivity contribution < 1.29 is 14.2 Å². The van der Waals surface area contributed by atoms with E-state index in [1.54, 1.807) is 13.2 Å². The molecule has 1 fully saturated rings. The number of likely N-dealkylation sites (tertiary alicyclic amines) is 1. The van der Waals surface area contributed by atoms with Crippen LogP contribution in [0.2, 0.25) is 5.02 Å². The molecule has 1 aromatic carbocycles. The van der Waals surface area contributed by atoms with Gasteiger partial charge in [-0.1, -0.05) is 17.7 Å². The lowest BCUT2D eigenvalue weighted by Gasteiger charge is -2.41. The van der Waals surface area contributed by atoms with Crippen molar-refractivity contribution in [2.75, 3.05) is 33.4 Å². The van der Waals surface area contributed by atoms with Gasteiger partial charge in [0.15, 0.2) is 0 Å². The lowest BCUT2D eigenvalue weighted by Crippen LogP contribution is -2.42. The van der Waals surface area contributed by atoms with Crippen LogP contribution >= 0.6 is 22.9 Å². The Morgan fingerprint density at radius 2 is 2.09 bits per heavy atom. The van der Waals surface area contributed by atoms with E-state index >= 15 is 4.39 Å².